The first-order valence-electron chi connectivity index (χ1n) is 2.33. The summed E-state index contributed by atoms with van der Waals surface area (Å²) in [6.45, 7) is 0.0594. The van der Waals surface area contributed by atoms with E-state index in [1.54, 1.807) is 0 Å². The van der Waals surface area contributed by atoms with E-state index in [2.05, 4.69) is 22.0 Å². The van der Waals surface area contributed by atoms with Crippen LogP contribution in [0.2, 0.25) is 0 Å². The second-order valence-electron chi connectivity index (χ2n) is 1.29. The fourth-order valence-corrected chi connectivity index (χ4v) is 0.276. The van der Waals surface area contributed by atoms with E-state index in [9.17, 15) is 4.79 Å². The molecule has 0 bridgehead atoms. The Morgan fingerprint density at radius 2 is 2.56 bits per heavy atom. The molecular weight excluding hydrogens is 120 g/mol. The minimum atomic E-state index is -0.310. The number of nitrogens with one attached hydrogen (secondary N) is 1. The van der Waals surface area contributed by atoms with E-state index >= 15 is 0 Å². The van der Waals surface area contributed by atoms with Crippen molar-refractivity contribution in [1.29, 1.82) is 0 Å². The summed E-state index contributed by atoms with van der Waals surface area (Å²) in [5.41, 5.74) is 0. The standard InChI is InChI=1S/C5H8N2O2/c1-2-3-7-5(8)4-9-6/h1H,3-4,6H2,(H,7,8). The van der Waals surface area contributed by atoms with Crippen molar-refractivity contribution in [3.05, 3.63) is 0 Å². The quantitative estimate of drug-likeness (QED) is 0.364. The Morgan fingerprint density at radius 3 is 3.00 bits per heavy atom. The molecule has 1 amide bonds. The molecule has 0 aliphatic heterocycles. The highest BCUT2D eigenvalue weighted by atomic mass is 16.6. The second-order valence-corrected chi connectivity index (χ2v) is 1.29. The molecule has 0 aromatic rings. The van der Waals surface area contributed by atoms with Gasteiger partial charge in [0.1, 0.15) is 6.61 Å². The lowest BCUT2D eigenvalue weighted by atomic mass is 10.6. The molecule has 0 aliphatic carbocycles. The molecule has 4 heteroatoms. The normalized spacial score (nSPS) is 8.00. The minimum Gasteiger partial charge on any atom is -0.343 e. The molecule has 0 heterocycles. The number of amides is 1. The van der Waals surface area contributed by atoms with Gasteiger partial charge in [0.2, 0.25) is 5.91 Å². The van der Waals surface area contributed by atoms with Gasteiger partial charge in [0, 0.05) is 0 Å². The lowest BCUT2D eigenvalue weighted by Crippen LogP contribution is -2.28. The van der Waals surface area contributed by atoms with Gasteiger partial charge in [-0.15, -0.1) is 6.42 Å². The summed E-state index contributed by atoms with van der Waals surface area (Å²) < 4.78 is 0. The van der Waals surface area contributed by atoms with Crippen LogP contribution in [-0.2, 0) is 9.63 Å². The Kier molecular flexibility index (Phi) is 4.50. The van der Waals surface area contributed by atoms with Gasteiger partial charge in [-0.25, -0.2) is 5.90 Å². The molecule has 0 aromatic heterocycles. The topological polar surface area (TPSA) is 64.3 Å². The van der Waals surface area contributed by atoms with Crippen molar-refractivity contribution in [2.24, 2.45) is 5.90 Å². The van der Waals surface area contributed by atoms with Crippen molar-refractivity contribution in [3.8, 4) is 12.3 Å². The molecule has 0 aliphatic rings. The highest BCUT2D eigenvalue weighted by molar-refractivity contribution is 5.77. The number of nitrogens with two attached hydrogens (primary N) is 1. The average Bonchev–Trinajstić information content (AvgIpc) is 1.85. The number of carbonyl (C=O) groups is 1. The van der Waals surface area contributed by atoms with Gasteiger partial charge in [0.05, 0.1) is 6.54 Å². The van der Waals surface area contributed by atoms with E-state index in [0.717, 1.165) is 0 Å². The van der Waals surface area contributed by atoms with Crippen LogP contribution in [0.25, 0.3) is 0 Å². The second kappa shape index (κ2) is 5.09. The Balaban J connectivity index is 3.19. The zero-order valence-electron chi connectivity index (χ0n) is 4.89. The Labute approximate surface area is 53.3 Å². The number of hydrogen-bond acceptors (Lipinski definition) is 3. The van der Waals surface area contributed by atoms with Crippen LogP contribution in [0.5, 0.6) is 0 Å². The van der Waals surface area contributed by atoms with Crippen LogP contribution < -0.4 is 11.2 Å². The van der Waals surface area contributed by atoms with E-state index in [-0.39, 0.29) is 19.1 Å². The summed E-state index contributed by atoms with van der Waals surface area (Å²) in [5, 5.41) is 2.35. The van der Waals surface area contributed by atoms with Gasteiger partial charge in [-0.05, 0) is 0 Å². The minimum absolute atomic E-state index is 0.151. The highest BCUT2D eigenvalue weighted by Gasteiger charge is 1.94. The molecule has 0 radical (unpaired) electrons. The van der Waals surface area contributed by atoms with Crippen LogP contribution in [0.15, 0.2) is 0 Å². The highest BCUT2D eigenvalue weighted by Crippen LogP contribution is 1.63. The van der Waals surface area contributed by atoms with Gasteiger partial charge in [0.25, 0.3) is 0 Å². The molecule has 0 fully saturated rings. The van der Waals surface area contributed by atoms with Crippen molar-refractivity contribution in [2.75, 3.05) is 13.2 Å². The van der Waals surface area contributed by atoms with Gasteiger partial charge in [-0.2, -0.15) is 0 Å². The maximum absolute atomic E-state index is 10.4. The van der Waals surface area contributed by atoms with Gasteiger partial charge < -0.3 is 5.32 Å². The molecule has 0 saturated carbocycles. The largest absolute Gasteiger partial charge is 0.343 e. The van der Waals surface area contributed by atoms with E-state index in [0.29, 0.717) is 0 Å². The van der Waals surface area contributed by atoms with E-state index in [1.165, 1.54) is 0 Å². The third-order valence-corrected chi connectivity index (χ3v) is 0.602. The Morgan fingerprint density at radius 1 is 1.89 bits per heavy atom. The Hall–Kier alpha value is -1.05. The lowest BCUT2D eigenvalue weighted by molar-refractivity contribution is -0.125. The molecule has 9 heavy (non-hydrogen) atoms. The van der Waals surface area contributed by atoms with Gasteiger partial charge >= 0.3 is 0 Å². The summed E-state index contributed by atoms with van der Waals surface area (Å²) in [7, 11) is 0. The third-order valence-electron chi connectivity index (χ3n) is 0.602. The monoisotopic (exact) mass is 128 g/mol. The zero-order chi connectivity index (χ0) is 7.11. The first-order valence-corrected chi connectivity index (χ1v) is 2.33. The number of carbonyl (C=O) groups excluding carboxylic acids is 1. The van der Waals surface area contributed by atoms with Gasteiger partial charge in [-0.3, -0.25) is 9.63 Å². The van der Waals surface area contributed by atoms with Crippen molar-refractivity contribution < 1.29 is 9.63 Å². The summed E-state index contributed by atoms with van der Waals surface area (Å²) in [6.07, 6.45) is 4.84. The van der Waals surface area contributed by atoms with Gasteiger partial charge in [-0.1, -0.05) is 5.92 Å². The predicted octanol–water partition coefficient (Wildman–Crippen LogP) is -1.37. The predicted molar refractivity (Wildman–Crippen MR) is 32.0 cm³/mol. The molecule has 0 rings (SSSR count). The molecule has 0 aromatic carbocycles. The van der Waals surface area contributed by atoms with Crippen molar-refractivity contribution in [2.45, 2.75) is 0 Å². The summed E-state index contributed by atoms with van der Waals surface area (Å²) in [6, 6.07) is 0. The molecule has 3 N–H and O–H groups in total. The summed E-state index contributed by atoms with van der Waals surface area (Å²) >= 11 is 0. The molecule has 4 nitrogen and oxygen atoms in total. The Bertz CT molecular complexity index is 127. The molecule has 0 unspecified atom stereocenters. The van der Waals surface area contributed by atoms with Crippen LogP contribution in [0.3, 0.4) is 0 Å². The zero-order valence-corrected chi connectivity index (χ0v) is 4.89. The number of rotatable bonds is 3. The van der Waals surface area contributed by atoms with E-state index in [4.69, 9.17) is 6.42 Å². The number of hydrogen-bond donors (Lipinski definition) is 2. The molecule has 50 valence electrons. The van der Waals surface area contributed by atoms with Crippen LogP contribution in [0.4, 0.5) is 0 Å². The fraction of sp³-hybridized carbons (Fsp3) is 0.400. The van der Waals surface area contributed by atoms with Crippen LogP contribution in [-0.4, -0.2) is 19.1 Å². The smallest absolute Gasteiger partial charge is 0.248 e. The molecule has 0 saturated heterocycles. The maximum atomic E-state index is 10.4. The van der Waals surface area contributed by atoms with E-state index in [1.807, 2.05) is 0 Å². The average molecular weight is 128 g/mol. The number of terminal acetylenes is 1. The van der Waals surface area contributed by atoms with Crippen molar-refractivity contribution in [3.63, 3.8) is 0 Å². The molecule has 0 atom stereocenters. The first-order chi connectivity index (χ1) is 4.31. The van der Waals surface area contributed by atoms with E-state index < -0.39 is 0 Å². The summed E-state index contributed by atoms with van der Waals surface area (Å²) in [4.78, 5) is 14.4. The molecule has 0 spiro atoms. The summed E-state index contributed by atoms with van der Waals surface area (Å²) in [5.74, 6) is 6.51. The first kappa shape index (κ1) is 7.95. The van der Waals surface area contributed by atoms with Crippen molar-refractivity contribution >= 4 is 5.91 Å². The molecular formula is C5H8N2O2. The third kappa shape index (κ3) is 4.81. The lowest BCUT2D eigenvalue weighted by Gasteiger charge is -1.96. The van der Waals surface area contributed by atoms with Crippen molar-refractivity contribution in [1.82, 2.24) is 5.32 Å². The maximum Gasteiger partial charge on any atom is 0.248 e. The van der Waals surface area contributed by atoms with Crippen LogP contribution in [0, 0.1) is 12.3 Å². The van der Waals surface area contributed by atoms with Crippen LogP contribution >= 0.6 is 0 Å². The fourth-order valence-electron chi connectivity index (χ4n) is 0.276. The van der Waals surface area contributed by atoms with Crippen LogP contribution in [0.1, 0.15) is 0 Å². The SMILES string of the molecule is C#CCNC(=O)CON. The van der Waals surface area contributed by atoms with Gasteiger partial charge in [0.15, 0.2) is 0 Å².